The fraction of sp³-hybridized carbons (Fsp3) is 0.368. The summed E-state index contributed by atoms with van der Waals surface area (Å²) >= 11 is 6.06. The van der Waals surface area contributed by atoms with E-state index in [1.807, 2.05) is 24.3 Å². The number of hydrogen-bond acceptors (Lipinski definition) is 4. The van der Waals surface area contributed by atoms with Crippen LogP contribution >= 0.6 is 11.6 Å². The van der Waals surface area contributed by atoms with E-state index in [1.165, 1.54) is 11.1 Å². The molecule has 5 nitrogen and oxygen atoms in total. The Labute approximate surface area is 152 Å². The molecule has 1 atom stereocenters. The molecule has 1 aromatic heterocycles. The van der Waals surface area contributed by atoms with Gasteiger partial charge in [-0.3, -0.25) is 4.79 Å². The molecule has 0 saturated carbocycles. The van der Waals surface area contributed by atoms with E-state index in [2.05, 4.69) is 16.4 Å². The first-order chi connectivity index (χ1) is 12.2. The minimum absolute atomic E-state index is 0.0262. The second-order valence-corrected chi connectivity index (χ2v) is 6.99. The van der Waals surface area contributed by atoms with Gasteiger partial charge in [-0.05, 0) is 54.7 Å². The zero-order chi connectivity index (χ0) is 17.2. The van der Waals surface area contributed by atoms with Crippen LogP contribution in [0.25, 0.3) is 0 Å². The molecule has 0 spiro atoms. The van der Waals surface area contributed by atoms with E-state index < -0.39 is 0 Å². The van der Waals surface area contributed by atoms with Crippen LogP contribution in [0.5, 0.6) is 0 Å². The lowest BCUT2D eigenvalue weighted by Crippen LogP contribution is -2.38. The summed E-state index contributed by atoms with van der Waals surface area (Å²) in [6, 6.07) is 10.1. The average Bonchev–Trinajstić information content (AvgIpc) is 3.04. The van der Waals surface area contributed by atoms with Crippen molar-refractivity contribution in [3.05, 3.63) is 58.2 Å². The number of amides is 1. The van der Waals surface area contributed by atoms with Crippen LogP contribution in [0.2, 0.25) is 5.02 Å². The Bertz CT molecular complexity index is 773. The van der Waals surface area contributed by atoms with Gasteiger partial charge in [-0.25, -0.2) is 4.98 Å². The quantitative estimate of drug-likeness (QED) is 0.917. The van der Waals surface area contributed by atoms with Crippen LogP contribution in [-0.2, 0) is 17.6 Å². The highest BCUT2D eigenvalue weighted by Gasteiger charge is 2.22. The summed E-state index contributed by atoms with van der Waals surface area (Å²) in [5.74, 6) is 0.761. The Morgan fingerprint density at radius 2 is 2.12 bits per heavy atom. The molecule has 6 heteroatoms. The summed E-state index contributed by atoms with van der Waals surface area (Å²) in [5.41, 5.74) is 3.22. The number of carbonyl (C=O) groups excluding carboxylic acids is 1. The maximum atomic E-state index is 12.4. The number of halogens is 1. The molecule has 1 aliphatic carbocycles. The third-order valence-corrected chi connectivity index (χ3v) is 4.95. The van der Waals surface area contributed by atoms with Gasteiger partial charge in [0.15, 0.2) is 0 Å². The Kier molecular flexibility index (Phi) is 4.59. The normalized spacial score (nSPS) is 19.6. The maximum absolute atomic E-state index is 12.4. The van der Waals surface area contributed by atoms with Crippen molar-refractivity contribution in [2.45, 2.75) is 25.3 Å². The molecule has 1 saturated heterocycles. The van der Waals surface area contributed by atoms with Gasteiger partial charge in [-0.15, -0.1) is 0 Å². The second kappa shape index (κ2) is 7.02. The minimum atomic E-state index is -0.0262. The van der Waals surface area contributed by atoms with E-state index in [-0.39, 0.29) is 5.91 Å². The first-order valence-electron chi connectivity index (χ1n) is 8.56. The molecule has 1 aliphatic heterocycles. The van der Waals surface area contributed by atoms with Crippen molar-refractivity contribution < 1.29 is 9.53 Å². The first-order valence-corrected chi connectivity index (χ1v) is 8.94. The number of carbonyl (C=O) groups is 1. The van der Waals surface area contributed by atoms with E-state index in [9.17, 15) is 4.79 Å². The van der Waals surface area contributed by atoms with Gasteiger partial charge in [0.2, 0.25) is 0 Å². The van der Waals surface area contributed by atoms with Crippen LogP contribution < -0.4 is 5.32 Å². The van der Waals surface area contributed by atoms with Gasteiger partial charge in [0.25, 0.3) is 5.91 Å². The number of fused-ring (bicyclic) bond motifs is 1. The van der Waals surface area contributed by atoms with Gasteiger partial charge >= 0.3 is 0 Å². The van der Waals surface area contributed by atoms with Crippen LogP contribution in [0.15, 0.2) is 36.5 Å². The number of benzene rings is 1. The van der Waals surface area contributed by atoms with Crippen LogP contribution in [-0.4, -0.2) is 41.7 Å². The van der Waals surface area contributed by atoms with E-state index >= 15 is 0 Å². The zero-order valence-corrected chi connectivity index (χ0v) is 14.6. The maximum Gasteiger partial charge on any atom is 0.257 e. The highest BCUT2D eigenvalue weighted by Crippen LogP contribution is 2.27. The molecule has 130 valence electrons. The molecule has 1 fully saturated rings. The number of nitrogens with zero attached hydrogens (tertiary/aromatic N) is 2. The summed E-state index contributed by atoms with van der Waals surface area (Å²) in [6.45, 7) is 1.82. The Morgan fingerprint density at radius 3 is 2.88 bits per heavy atom. The number of hydrogen-bond donors (Lipinski definition) is 1. The Hall–Kier alpha value is -2.11. The SMILES string of the molecule is O=C(c1ccc(NC2Cc3ccc(Cl)cc3C2)nc1)N1CCCOC1. The van der Waals surface area contributed by atoms with Crippen LogP contribution in [0, 0.1) is 0 Å². The van der Waals surface area contributed by atoms with Crippen molar-refractivity contribution in [2.75, 3.05) is 25.2 Å². The summed E-state index contributed by atoms with van der Waals surface area (Å²) < 4.78 is 5.34. The molecule has 2 aromatic rings. The number of anilines is 1. The average molecular weight is 358 g/mol. The lowest BCUT2D eigenvalue weighted by Gasteiger charge is -2.26. The van der Waals surface area contributed by atoms with Crippen molar-refractivity contribution in [3.63, 3.8) is 0 Å². The minimum Gasteiger partial charge on any atom is -0.367 e. The molecule has 1 unspecified atom stereocenters. The Balaban J connectivity index is 1.39. The Morgan fingerprint density at radius 1 is 1.24 bits per heavy atom. The summed E-state index contributed by atoms with van der Waals surface area (Å²) in [7, 11) is 0. The zero-order valence-electron chi connectivity index (χ0n) is 13.9. The molecule has 1 N–H and O–H groups in total. The molecule has 1 aromatic carbocycles. The fourth-order valence-electron chi connectivity index (χ4n) is 3.44. The molecular weight excluding hydrogens is 338 g/mol. The number of pyridine rings is 1. The fourth-order valence-corrected chi connectivity index (χ4v) is 3.64. The van der Waals surface area contributed by atoms with Gasteiger partial charge in [-0.2, -0.15) is 0 Å². The van der Waals surface area contributed by atoms with Crippen molar-refractivity contribution in [3.8, 4) is 0 Å². The van der Waals surface area contributed by atoms with Gasteiger partial charge in [0.05, 0.1) is 12.2 Å². The van der Waals surface area contributed by atoms with E-state index in [4.69, 9.17) is 16.3 Å². The van der Waals surface area contributed by atoms with Crippen molar-refractivity contribution in [1.29, 1.82) is 0 Å². The lowest BCUT2D eigenvalue weighted by atomic mass is 10.1. The summed E-state index contributed by atoms with van der Waals surface area (Å²) in [4.78, 5) is 18.5. The number of nitrogens with one attached hydrogen (secondary N) is 1. The third-order valence-electron chi connectivity index (χ3n) is 4.71. The standard InChI is InChI=1S/C19H20ClN3O2/c20-16-4-2-13-9-17(10-15(13)8-16)22-18-5-3-14(11-21-18)19(24)23-6-1-7-25-12-23/h2-5,8,11,17H,1,6-7,9-10,12H2,(H,21,22). The molecule has 25 heavy (non-hydrogen) atoms. The number of ether oxygens (including phenoxy) is 1. The molecule has 0 bridgehead atoms. The van der Waals surface area contributed by atoms with Crippen LogP contribution in [0.4, 0.5) is 5.82 Å². The van der Waals surface area contributed by atoms with Crippen LogP contribution in [0.1, 0.15) is 27.9 Å². The predicted molar refractivity (Wildman–Crippen MR) is 97.0 cm³/mol. The van der Waals surface area contributed by atoms with E-state index in [0.29, 0.717) is 18.3 Å². The monoisotopic (exact) mass is 357 g/mol. The second-order valence-electron chi connectivity index (χ2n) is 6.55. The number of rotatable bonds is 3. The highest BCUT2D eigenvalue weighted by molar-refractivity contribution is 6.30. The topological polar surface area (TPSA) is 54.5 Å². The molecule has 1 amide bonds. The largest absolute Gasteiger partial charge is 0.367 e. The van der Waals surface area contributed by atoms with Gasteiger partial charge in [0.1, 0.15) is 12.5 Å². The van der Waals surface area contributed by atoms with Gasteiger partial charge < -0.3 is 15.0 Å². The van der Waals surface area contributed by atoms with E-state index in [1.54, 1.807) is 11.1 Å². The third kappa shape index (κ3) is 3.62. The highest BCUT2D eigenvalue weighted by atomic mass is 35.5. The van der Waals surface area contributed by atoms with Crippen LogP contribution in [0.3, 0.4) is 0 Å². The van der Waals surface area contributed by atoms with Crippen molar-refractivity contribution in [2.24, 2.45) is 0 Å². The summed E-state index contributed by atoms with van der Waals surface area (Å²) in [5, 5.41) is 4.23. The molecular formula is C19H20ClN3O2. The molecule has 2 heterocycles. The molecule has 4 rings (SSSR count). The summed E-state index contributed by atoms with van der Waals surface area (Å²) in [6.07, 6.45) is 4.41. The molecule has 2 aliphatic rings. The smallest absolute Gasteiger partial charge is 0.257 e. The van der Waals surface area contributed by atoms with Gasteiger partial charge in [0, 0.05) is 23.8 Å². The predicted octanol–water partition coefficient (Wildman–Crippen LogP) is 3.13. The van der Waals surface area contributed by atoms with E-state index in [0.717, 1.165) is 43.3 Å². The van der Waals surface area contributed by atoms with Crippen molar-refractivity contribution >= 4 is 23.3 Å². The van der Waals surface area contributed by atoms with Gasteiger partial charge in [-0.1, -0.05) is 17.7 Å². The number of aromatic nitrogens is 1. The molecule has 0 radical (unpaired) electrons. The lowest BCUT2D eigenvalue weighted by molar-refractivity contribution is -0.00573. The first kappa shape index (κ1) is 16.4. The van der Waals surface area contributed by atoms with Crippen molar-refractivity contribution in [1.82, 2.24) is 9.88 Å².